The molecule has 0 aliphatic rings. The summed E-state index contributed by atoms with van der Waals surface area (Å²) in [4.78, 5) is 2.57. The smallest absolute Gasteiger partial charge is 0.137 e. The molecule has 0 aliphatic heterocycles. The minimum Gasteiger partial charge on any atom is -0.357 e. The van der Waals surface area contributed by atoms with Gasteiger partial charge in [0, 0.05) is 13.2 Å². The van der Waals surface area contributed by atoms with Crippen LogP contribution < -0.4 is 0 Å². The predicted molar refractivity (Wildman–Crippen MR) is 79.2 cm³/mol. The van der Waals surface area contributed by atoms with Crippen LogP contribution in [-0.4, -0.2) is 53.2 Å². The molecule has 2 radical (unpaired) electrons. The Hall–Kier alpha value is 0.0969. The van der Waals surface area contributed by atoms with Gasteiger partial charge in [0.15, 0.2) is 0 Å². The third kappa shape index (κ3) is 10.1. The summed E-state index contributed by atoms with van der Waals surface area (Å²) in [6, 6.07) is 1.22. The second-order valence-electron chi connectivity index (χ2n) is 4.39. The molecule has 0 spiro atoms. The van der Waals surface area contributed by atoms with Crippen LogP contribution in [0.1, 0.15) is 47.0 Å². The highest BCUT2D eigenvalue weighted by Crippen LogP contribution is 2.02. The van der Waals surface area contributed by atoms with Crippen molar-refractivity contribution in [2.24, 2.45) is 0 Å². The van der Waals surface area contributed by atoms with Crippen LogP contribution >= 0.6 is 0 Å². The fraction of sp³-hybridized carbons (Fsp3) is 1.00. The van der Waals surface area contributed by atoms with Gasteiger partial charge in [-0.3, -0.25) is 0 Å². The lowest BCUT2D eigenvalue weighted by Crippen LogP contribution is -2.28. The lowest BCUT2D eigenvalue weighted by Gasteiger charge is -2.21. The third-order valence-electron chi connectivity index (χ3n) is 2.68. The number of hydrogen-bond acceptors (Lipinski definition) is 3. The average Bonchev–Trinajstić information content (AvgIpc) is 2.35. The minimum absolute atomic E-state index is 0.0331. The zero-order valence-corrected chi connectivity index (χ0v) is 13.7. The topological polar surface area (TPSA) is 21.7 Å². The SMILES string of the molecule is CCCN(CCC)CCC[Si]C(OCC)OCC. The van der Waals surface area contributed by atoms with Crippen molar-refractivity contribution in [1.29, 1.82) is 0 Å². The number of ether oxygens (including phenoxy) is 2. The van der Waals surface area contributed by atoms with Gasteiger partial charge in [-0.1, -0.05) is 19.9 Å². The molecule has 0 fully saturated rings. The molecule has 0 saturated heterocycles. The van der Waals surface area contributed by atoms with E-state index in [1.807, 2.05) is 13.8 Å². The number of rotatable bonds is 13. The van der Waals surface area contributed by atoms with Crippen LogP contribution in [0.15, 0.2) is 0 Å². The van der Waals surface area contributed by atoms with E-state index >= 15 is 0 Å². The van der Waals surface area contributed by atoms with Crippen molar-refractivity contribution in [3.8, 4) is 0 Å². The van der Waals surface area contributed by atoms with Gasteiger partial charge in [-0.05, 0) is 52.7 Å². The number of nitrogens with zero attached hydrogens (tertiary/aromatic N) is 1. The molecule has 108 valence electrons. The zero-order valence-electron chi connectivity index (χ0n) is 12.7. The van der Waals surface area contributed by atoms with Crippen molar-refractivity contribution in [3.05, 3.63) is 0 Å². The number of hydrogen-bond donors (Lipinski definition) is 0. The molecular formula is C14H31NO2Si. The molecule has 3 nitrogen and oxygen atoms in total. The van der Waals surface area contributed by atoms with Crippen LogP contribution in [0.2, 0.25) is 6.04 Å². The normalized spacial score (nSPS) is 11.7. The van der Waals surface area contributed by atoms with Gasteiger partial charge in [0.05, 0.1) is 0 Å². The molecule has 0 bridgehead atoms. The Bertz CT molecular complexity index is 140. The standard InChI is InChI=1S/C14H31NO2Si/c1-5-10-15(11-6-2)12-9-13-18-14(16-7-3)17-8-4/h14H,5-13H2,1-4H3. The van der Waals surface area contributed by atoms with Crippen molar-refractivity contribution in [3.63, 3.8) is 0 Å². The van der Waals surface area contributed by atoms with Crippen LogP contribution in [0.25, 0.3) is 0 Å². The summed E-state index contributed by atoms with van der Waals surface area (Å²) in [6.07, 6.45) is 3.76. The van der Waals surface area contributed by atoms with Crippen molar-refractivity contribution in [2.75, 3.05) is 32.8 Å². The fourth-order valence-electron chi connectivity index (χ4n) is 1.96. The van der Waals surface area contributed by atoms with E-state index in [-0.39, 0.29) is 5.91 Å². The largest absolute Gasteiger partial charge is 0.357 e. The highest BCUT2D eigenvalue weighted by molar-refractivity contribution is 6.36. The lowest BCUT2D eigenvalue weighted by molar-refractivity contribution is -0.0828. The second kappa shape index (κ2) is 13.5. The molecular weight excluding hydrogens is 242 g/mol. The van der Waals surface area contributed by atoms with Crippen LogP contribution in [0.4, 0.5) is 0 Å². The van der Waals surface area contributed by atoms with Gasteiger partial charge in [0.25, 0.3) is 0 Å². The Balaban J connectivity index is 3.66. The van der Waals surface area contributed by atoms with Gasteiger partial charge < -0.3 is 14.4 Å². The molecule has 0 amide bonds. The van der Waals surface area contributed by atoms with E-state index in [1.54, 1.807) is 0 Å². The molecule has 0 aromatic heterocycles. The van der Waals surface area contributed by atoms with E-state index in [0.29, 0.717) is 0 Å². The maximum atomic E-state index is 5.56. The Kier molecular flexibility index (Phi) is 13.6. The summed E-state index contributed by atoms with van der Waals surface area (Å²) in [5, 5.41) is 0. The average molecular weight is 273 g/mol. The zero-order chi connectivity index (χ0) is 13.6. The lowest BCUT2D eigenvalue weighted by atomic mass is 10.3. The van der Waals surface area contributed by atoms with Crippen molar-refractivity contribution >= 4 is 9.52 Å². The van der Waals surface area contributed by atoms with Gasteiger partial charge in [-0.2, -0.15) is 0 Å². The van der Waals surface area contributed by atoms with Gasteiger partial charge in [-0.15, -0.1) is 0 Å². The Labute approximate surface area is 116 Å². The van der Waals surface area contributed by atoms with Crippen molar-refractivity contribution in [1.82, 2.24) is 4.90 Å². The second-order valence-corrected chi connectivity index (χ2v) is 5.77. The molecule has 0 unspecified atom stereocenters. The molecule has 0 aliphatic carbocycles. The maximum Gasteiger partial charge on any atom is 0.137 e. The van der Waals surface area contributed by atoms with E-state index in [9.17, 15) is 0 Å². The van der Waals surface area contributed by atoms with Crippen LogP contribution in [0, 0.1) is 0 Å². The van der Waals surface area contributed by atoms with Gasteiger partial charge in [0.1, 0.15) is 15.4 Å². The molecule has 0 rings (SSSR count). The molecule has 4 heteroatoms. The minimum atomic E-state index is 0.0331. The first kappa shape index (κ1) is 18.1. The van der Waals surface area contributed by atoms with E-state index in [0.717, 1.165) is 22.7 Å². The Morgan fingerprint density at radius 3 is 1.89 bits per heavy atom. The fourth-order valence-corrected chi connectivity index (χ4v) is 3.13. The van der Waals surface area contributed by atoms with Gasteiger partial charge >= 0.3 is 0 Å². The van der Waals surface area contributed by atoms with Crippen molar-refractivity contribution < 1.29 is 9.47 Å². The molecule has 0 aromatic carbocycles. The van der Waals surface area contributed by atoms with Crippen LogP contribution in [0.3, 0.4) is 0 Å². The summed E-state index contributed by atoms with van der Waals surface area (Å²) in [5.41, 5.74) is 0. The van der Waals surface area contributed by atoms with E-state index in [1.165, 1.54) is 44.9 Å². The monoisotopic (exact) mass is 273 g/mol. The van der Waals surface area contributed by atoms with Gasteiger partial charge in [0.2, 0.25) is 0 Å². The van der Waals surface area contributed by atoms with E-state index in [4.69, 9.17) is 9.47 Å². The molecule has 0 aromatic rings. The molecule has 0 N–H and O–H groups in total. The quantitative estimate of drug-likeness (QED) is 0.292. The summed E-state index contributed by atoms with van der Waals surface area (Å²) < 4.78 is 11.1. The Morgan fingerprint density at radius 1 is 0.889 bits per heavy atom. The Morgan fingerprint density at radius 2 is 1.44 bits per heavy atom. The summed E-state index contributed by atoms with van der Waals surface area (Å²) in [5.74, 6) is 0.0331. The maximum absolute atomic E-state index is 5.56. The summed E-state index contributed by atoms with van der Waals surface area (Å²) in [6.45, 7) is 13.7. The van der Waals surface area contributed by atoms with E-state index < -0.39 is 0 Å². The molecule has 0 atom stereocenters. The molecule has 18 heavy (non-hydrogen) atoms. The first-order chi connectivity index (χ1) is 8.78. The first-order valence-corrected chi connectivity index (χ1v) is 8.75. The van der Waals surface area contributed by atoms with Crippen LogP contribution in [-0.2, 0) is 9.47 Å². The van der Waals surface area contributed by atoms with Crippen molar-refractivity contribution in [2.45, 2.75) is 58.9 Å². The summed E-state index contributed by atoms with van der Waals surface area (Å²) in [7, 11) is 0.770. The highest BCUT2D eigenvalue weighted by Gasteiger charge is 2.09. The molecule has 0 saturated carbocycles. The third-order valence-corrected chi connectivity index (χ3v) is 3.99. The van der Waals surface area contributed by atoms with Gasteiger partial charge in [-0.25, -0.2) is 0 Å². The first-order valence-electron chi connectivity index (χ1n) is 7.47. The molecule has 0 heterocycles. The highest BCUT2D eigenvalue weighted by atomic mass is 28.2. The van der Waals surface area contributed by atoms with E-state index in [2.05, 4.69) is 18.7 Å². The summed E-state index contributed by atoms with van der Waals surface area (Å²) >= 11 is 0. The van der Waals surface area contributed by atoms with Crippen LogP contribution in [0.5, 0.6) is 0 Å². The predicted octanol–water partition coefficient (Wildman–Crippen LogP) is 2.98.